The van der Waals surface area contributed by atoms with E-state index in [1.165, 1.54) is 103 Å². The number of Topliss-reactive ketones (excluding diaryl/α,β-unsaturated/α-hetero) is 1. The minimum absolute atomic E-state index is 0.0281. The van der Waals surface area contributed by atoms with Crippen LogP contribution in [0.5, 0.6) is 0 Å². The van der Waals surface area contributed by atoms with Crippen molar-refractivity contribution in [2.24, 2.45) is 17.8 Å². The first-order chi connectivity index (χ1) is 52.5. The molecule has 5 amide bonds. The van der Waals surface area contributed by atoms with Gasteiger partial charge in [0.15, 0.2) is 18.4 Å². The fourth-order valence-electron chi connectivity index (χ4n) is 14.9. The topological polar surface area (TPSA) is 395 Å². The number of nitrogens with one attached hydrogen (secondary N) is 3. The molecule has 4 rings (SSSR count). The Bertz CT molecular complexity index is 2550. The number of likely N-dealkylation sites (tertiary alicyclic amines) is 2. The summed E-state index contributed by atoms with van der Waals surface area (Å²) in [5, 5.41) is 78.5. The number of ether oxygens (including phenoxy) is 4. The number of nitrogens with zero attached hydrogens (tertiary/aromatic N) is 2. The highest BCUT2D eigenvalue weighted by Crippen LogP contribution is 2.47. The van der Waals surface area contributed by atoms with Gasteiger partial charge in [-0.25, -0.2) is 0 Å². The second-order valence-electron chi connectivity index (χ2n) is 31.3. The van der Waals surface area contributed by atoms with E-state index in [2.05, 4.69) is 22.9 Å². The van der Waals surface area contributed by atoms with E-state index in [0.29, 0.717) is 123 Å². The molecule has 0 aromatic carbocycles. The summed E-state index contributed by atoms with van der Waals surface area (Å²) >= 11 is 0. The lowest BCUT2D eigenvalue weighted by atomic mass is 9.92. The van der Waals surface area contributed by atoms with Crippen LogP contribution in [0.15, 0.2) is 0 Å². The molecule has 4 saturated heterocycles. The molecule has 10 N–H and O–H groups in total. The zero-order valence-electron chi connectivity index (χ0n) is 67.1. The zero-order chi connectivity index (χ0) is 79.6. The van der Waals surface area contributed by atoms with Crippen LogP contribution in [0.3, 0.4) is 0 Å². The first-order valence-electron chi connectivity index (χ1n) is 42.1. The monoisotopic (exact) mass is 1590 g/mol. The molecule has 4 heterocycles. The molecule has 0 saturated carbocycles. The lowest BCUT2D eigenvalue weighted by molar-refractivity contribution is -0.282. The number of hydrogen-bond donors (Lipinski definition) is 10. The smallest absolute Gasteiger partial charge is 0.394 e. The van der Waals surface area contributed by atoms with Gasteiger partial charge in [0.2, 0.25) is 29.5 Å². The molecule has 4 aliphatic rings. The molecule has 17 atom stereocenters. The van der Waals surface area contributed by atoms with Gasteiger partial charge in [-0.3, -0.25) is 33.3 Å². The Morgan fingerprint density at radius 1 is 0.486 bits per heavy atom. The highest BCUT2D eigenvalue weighted by molar-refractivity contribution is 7.53. The van der Waals surface area contributed by atoms with Crippen molar-refractivity contribution in [1.82, 2.24) is 25.8 Å². The van der Waals surface area contributed by atoms with Crippen LogP contribution in [0.25, 0.3) is 0 Å². The summed E-state index contributed by atoms with van der Waals surface area (Å²) < 4.78 is 71.4. The molecule has 4 fully saturated rings. The van der Waals surface area contributed by atoms with Gasteiger partial charge in [0.25, 0.3) is 0 Å². The van der Waals surface area contributed by atoms with Gasteiger partial charge in [-0.15, -0.1) is 9.05 Å². The second kappa shape index (κ2) is 58.6. The number of aliphatic hydroxyl groups is 7. The van der Waals surface area contributed by atoms with E-state index in [-0.39, 0.29) is 99.0 Å². The molecule has 28 nitrogen and oxygen atoms in total. The van der Waals surface area contributed by atoms with Crippen LogP contribution in [-0.2, 0) is 74.9 Å². The third-order valence-electron chi connectivity index (χ3n) is 21.6. The number of carbonyl (C=O) groups is 6. The minimum atomic E-state index is -3.30. The largest absolute Gasteiger partial charge is 0.697 e. The number of hydrogen-bond acceptors (Lipinski definition) is 23. The number of aliphatic hydroxyl groups excluding tert-OH is 7. The number of rotatable bonds is 65. The van der Waals surface area contributed by atoms with E-state index in [1.807, 2.05) is 4.90 Å². The molecule has 634 valence electrons. The van der Waals surface area contributed by atoms with Gasteiger partial charge in [-0.05, 0) is 102 Å². The fraction of sp³-hybridized carbons (Fsp3) is 0.924. The Hall–Kier alpha value is -3.25. The van der Waals surface area contributed by atoms with Crippen LogP contribution in [0.4, 0.5) is 0 Å². The zero-order valence-corrected chi connectivity index (χ0v) is 68.9. The van der Waals surface area contributed by atoms with E-state index < -0.39 is 102 Å². The van der Waals surface area contributed by atoms with Gasteiger partial charge >= 0.3 is 15.9 Å². The highest BCUT2D eigenvalue weighted by Gasteiger charge is 2.44. The maximum absolute atomic E-state index is 13.7. The van der Waals surface area contributed by atoms with Crippen molar-refractivity contribution in [2.45, 2.75) is 364 Å². The molecule has 30 heteroatoms. The van der Waals surface area contributed by atoms with Crippen molar-refractivity contribution in [1.29, 1.82) is 0 Å². The Morgan fingerprint density at radius 3 is 1.42 bits per heavy atom. The SMILES string of the molecule is CC(=O)NCCCCCC(=O)N1CC(OP(C)(=O)OCCCCCCCCCCCCCCCCCCCCCCO[P+](=O)OC[C@@H]2C[C@@H](C)CN2C(=O)CCCCCCC(=O)[C@H](CCCCNC(=O)CCCCOC2OC(CO)C(O)C(O)C2C)NC(=O)CCCCOC2OC(CO)C(O)C(O)C2C)C[C@H]1CO. The Kier molecular flexibility index (Phi) is 52.7. The van der Waals surface area contributed by atoms with Crippen molar-refractivity contribution in [3.05, 3.63) is 0 Å². The quantitative estimate of drug-likeness (QED) is 0.0200. The summed E-state index contributed by atoms with van der Waals surface area (Å²) in [7, 11) is -5.59. The van der Waals surface area contributed by atoms with Crippen molar-refractivity contribution in [2.75, 3.05) is 85.7 Å². The van der Waals surface area contributed by atoms with Crippen molar-refractivity contribution < 1.29 is 111 Å². The minimum Gasteiger partial charge on any atom is -0.394 e. The predicted octanol–water partition coefficient (Wildman–Crippen LogP) is 10.4. The number of amides is 5. The lowest BCUT2D eigenvalue weighted by Crippen LogP contribution is -2.55. The molecular weight excluding hydrogens is 1450 g/mol. The summed E-state index contributed by atoms with van der Waals surface area (Å²) in [6.45, 7) is 10.6. The van der Waals surface area contributed by atoms with Crippen LogP contribution in [0.2, 0.25) is 0 Å². The molecule has 0 aromatic heterocycles. The van der Waals surface area contributed by atoms with Gasteiger partial charge in [-0.1, -0.05) is 156 Å². The molecule has 0 bridgehead atoms. The normalized spacial score (nSPS) is 25.3. The standard InChI is InChI=1S/C79H145N5O23P2/c1-59-51-64(58-103-108(98)102-49-35-24-20-18-16-14-12-10-8-6-7-9-11-13-15-17-19-21-25-36-50-104-109(5,99)107-65-52-63(55-85)84(54-65)73(93)44-29-26-33-45-80-62(4)88)83(53-59)72(92)43-28-23-22-27-40-67(89)66(82-71(91)42-32-38-48-101-79-61(3)75(95)77(97)69(57-87)106-79)39-30-34-46-81-70(90)41-31-37-47-100-78-60(2)74(94)76(96)68(56-86)105-78/h59-61,63-66,68-69,74-79,85-87,94-97H,6-58H2,1-5H3,(H2-,80,81,82,88,90,91)/p+1/t59-,60?,61?,63+,64+,65?,66+,68?,69?,74?,75?,76?,77?,78?,79?,109?/m1/s1. The van der Waals surface area contributed by atoms with E-state index in [4.69, 9.17) is 37.0 Å². The maximum atomic E-state index is 13.7. The predicted molar refractivity (Wildman–Crippen MR) is 415 cm³/mol. The Balaban J connectivity index is 0.966. The fourth-order valence-corrected chi connectivity index (χ4v) is 16.7. The average molecular weight is 1600 g/mol. The van der Waals surface area contributed by atoms with Crippen LogP contribution >= 0.6 is 15.9 Å². The average Bonchev–Trinajstić information content (AvgIpc) is 1.52. The van der Waals surface area contributed by atoms with Crippen LogP contribution < -0.4 is 16.0 Å². The number of ketones is 1. The van der Waals surface area contributed by atoms with Crippen LogP contribution in [-0.4, -0.2) is 240 Å². The molecule has 4 aliphatic heterocycles. The summed E-state index contributed by atoms with van der Waals surface area (Å²) in [6, 6.07) is -1.25. The second-order valence-corrected chi connectivity index (χ2v) is 34.3. The molecule has 109 heavy (non-hydrogen) atoms. The summed E-state index contributed by atoms with van der Waals surface area (Å²) in [6.07, 6.45) is 26.1. The van der Waals surface area contributed by atoms with E-state index >= 15 is 0 Å². The van der Waals surface area contributed by atoms with Crippen LogP contribution in [0.1, 0.15) is 291 Å². The molecule has 0 aliphatic carbocycles. The summed E-state index contributed by atoms with van der Waals surface area (Å²) in [5.74, 6) is -1.35. The first kappa shape index (κ1) is 98.1. The first-order valence-corrected chi connectivity index (χ1v) is 45.2. The lowest BCUT2D eigenvalue weighted by Gasteiger charge is -2.40. The van der Waals surface area contributed by atoms with Gasteiger partial charge < -0.3 is 89.5 Å². The molecular formula is C79H146N5O23P2+. The van der Waals surface area contributed by atoms with Crippen molar-refractivity contribution in [3.63, 3.8) is 0 Å². The third-order valence-corrected chi connectivity index (χ3v) is 23.7. The third kappa shape index (κ3) is 41.8. The molecule has 0 spiro atoms. The van der Waals surface area contributed by atoms with Gasteiger partial charge in [0.1, 0.15) is 37.6 Å². The number of carbonyl (C=O) groups excluding carboxylic acids is 6. The highest BCUT2D eigenvalue weighted by atomic mass is 31.2. The molecule has 0 aromatic rings. The van der Waals surface area contributed by atoms with Crippen LogP contribution in [0, 0.1) is 17.8 Å². The van der Waals surface area contributed by atoms with Gasteiger partial charge in [-0.2, -0.15) is 0 Å². The maximum Gasteiger partial charge on any atom is 0.697 e. The van der Waals surface area contributed by atoms with Crippen molar-refractivity contribution in [3.8, 4) is 0 Å². The Morgan fingerprint density at radius 2 is 0.917 bits per heavy atom. The molecule has 0 radical (unpaired) electrons. The van der Waals surface area contributed by atoms with E-state index in [0.717, 1.165) is 70.6 Å². The Labute approximate surface area is 652 Å². The molecule has 13 unspecified atom stereocenters. The van der Waals surface area contributed by atoms with E-state index in [9.17, 15) is 73.6 Å². The van der Waals surface area contributed by atoms with Gasteiger partial charge in [0, 0.05) is 101 Å². The summed E-state index contributed by atoms with van der Waals surface area (Å²) in [4.78, 5) is 80.5. The summed E-state index contributed by atoms with van der Waals surface area (Å²) in [5.41, 5.74) is 0. The van der Waals surface area contributed by atoms with Gasteiger partial charge in [0.05, 0.1) is 62.9 Å². The van der Waals surface area contributed by atoms with Crippen molar-refractivity contribution >= 4 is 51.2 Å². The number of unbranched alkanes of at least 4 members (excludes halogenated alkanes) is 27. The van der Waals surface area contributed by atoms with E-state index in [1.54, 1.807) is 18.7 Å².